The summed E-state index contributed by atoms with van der Waals surface area (Å²) < 4.78 is 4.99. The molecule has 62 valence electrons. The summed E-state index contributed by atoms with van der Waals surface area (Å²) in [7, 11) is 0. The van der Waals surface area contributed by atoms with Gasteiger partial charge in [-0.25, -0.2) is 4.79 Å². The second-order valence-corrected chi connectivity index (χ2v) is 3.22. The number of hydrogen-bond donors (Lipinski definition) is 0. The fourth-order valence-corrected chi connectivity index (χ4v) is 1.52. The van der Waals surface area contributed by atoms with Gasteiger partial charge >= 0.3 is 5.97 Å². The lowest BCUT2D eigenvalue weighted by Crippen LogP contribution is -1.93. The van der Waals surface area contributed by atoms with Crippen LogP contribution in [-0.4, -0.2) is 5.97 Å². The van der Waals surface area contributed by atoms with Crippen LogP contribution in [0.4, 0.5) is 0 Å². The van der Waals surface area contributed by atoms with Crippen LogP contribution in [0, 0.1) is 0 Å². The molecule has 1 aliphatic rings. The predicted octanol–water partition coefficient (Wildman–Crippen LogP) is 2.57. The van der Waals surface area contributed by atoms with E-state index in [0.29, 0.717) is 10.6 Å². The van der Waals surface area contributed by atoms with Gasteiger partial charge in [-0.15, -0.1) is 0 Å². The summed E-state index contributed by atoms with van der Waals surface area (Å²) >= 11 is 5.73. The standard InChI is InChI=1S/C9H7ClO2/c1-5-7-3-2-6(10)4-8(7)9(11)12-5/h2-5H,1H3/t5-/m1/s1. The molecule has 1 aliphatic heterocycles. The molecule has 1 heterocycles. The van der Waals surface area contributed by atoms with Gasteiger partial charge in [0.1, 0.15) is 6.10 Å². The first-order valence-electron chi connectivity index (χ1n) is 3.69. The molecule has 0 bridgehead atoms. The molecular formula is C9H7ClO2. The first-order valence-corrected chi connectivity index (χ1v) is 4.06. The predicted molar refractivity (Wildman–Crippen MR) is 45.3 cm³/mol. The molecule has 0 spiro atoms. The van der Waals surface area contributed by atoms with E-state index in [1.54, 1.807) is 12.1 Å². The number of carbonyl (C=O) groups is 1. The van der Waals surface area contributed by atoms with Gasteiger partial charge in [0.2, 0.25) is 0 Å². The number of hydrogen-bond acceptors (Lipinski definition) is 2. The van der Waals surface area contributed by atoms with E-state index >= 15 is 0 Å². The van der Waals surface area contributed by atoms with Gasteiger partial charge in [-0.1, -0.05) is 17.7 Å². The summed E-state index contributed by atoms with van der Waals surface area (Å²) in [6.07, 6.45) is -0.134. The van der Waals surface area contributed by atoms with Gasteiger partial charge in [0.05, 0.1) is 5.56 Å². The van der Waals surface area contributed by atoms with Gasteiger partial charge in [0.25, 0.3) is 0 Å². The van der Waals surface area contributed by atoms with Crippen LogP contribution < -0.4 is 0 Å². The molecule has 0 radical (unpaired) electrons. The molecule has 0 aliphatic carbocycles. The van der Waals surface area contributed by atoms with Crippen molar-refractivity contribution in [3.05, 3.63) is 34.3 Å². The van der Waals surface area contributed by atoms with Crippen LogP contribution in [0.1, 0.15) is 28.9 Å². The number of benzene rings is 1. The molecule has 0 fully saturated rings. The van der Waals surface area contributed by atoms with E-state index < -0.39 is 0 Å². The van der Waals surface area contributed by atoms with Crippen molar-refractivity contribution in [3.8, 4) is 0 Å². The van der Waals surface area contributed by atoms with E-state index in [-0.39, 0.29) is 12.1 Å². The van der Waals surface area contributed by atoms with Gasteiger partial charge in [-0.05, 0) is 19.1 Å². The second kappa shape index (κ2) is 2.49. The van der Waals surface area contributed by atoms with Gasteiger partial charge in [-0.3, -0.25) is 0 Å². The van der Waals surface area contributed by atoms with Crippen molar-refractivity contribution in [1.82, 2.24) is 0 Å². The normalized spacial score (nSPS) is 20.5. The van der Waals surface area contributed by atoms with Crippen LogP contribution >= 0.6 is 11.6 Å². The number of ether oxygens (including phenoxy) is 1. The minimum absolute atomic E-state index is 0.134. The summed E-state index contributed by atoms with van der Waals surface area (Å²) in [5, 5.41) is 0.569. The van der Waals surface area contributed by atoms with Crippen molar-refractivity contribution in [2.24, 2.45) is 0 Å². The summed E-state index contributed by atoms with van der Waals surface area (Å²) in [6.45, 7) is 1.84. The van der Waals surface area contributed by atoms with E-state index in [1.165, 1.54) is 0 Å². The Kier molecular flexibility index (Phi) is 1.58. The topological polar surface area (TPSA) is 26.3 Å². The molecule has 2 rings (SSSR count). The maximum atomic E-state index is 11.1. The van der Waals surface area contributed by atoms with Gasteiger partial charge < -0.3 is 4.74 Å². The highest BCUT2D eigenvalue weighted by Crippen LogP contribution is 2.31. The van der Waals surface area contributed by atoms with Gasteiger partial charge in [0.15, 0.2) is 0 Å². The summed E-state index contributed by atoms with van der Waals surface area (Å²) in [6, 6.07) is 5.23. The molecule has 0 amide bonds. The minimum atomic E-state index is -0.278. The Labute approximate surface area is 75.1 Å². The molecule has 3 heteroatoms. The van der Waals surface area contributed by atoms with Gasteiger partial charge in [-0.2, -0.15) is 0 Å². The van der Waals surface area contributed by atoms with Gasteiger partial charge in [0, 0.05) is 10.6 Å². The molecule has 2 nitrogen and oxygen atoms in total. The number of cyclic esters (lactones) is 1. The Morgan fingerprint density at radius 2 is 2.25 bits per heavy atom. The Morgan fingerprint density at radius 1 is 1.50 bits per heavy atom. The maximum Gasteiger partial charge on any atom is 0.339 e. The van der Waals surface area contributed by atoms with Crippen LogP contribution in [-0.2, 0) is 4.74 Å². The Bertz CT molecular complexity index is 346. The largest absolute Gasteiger partial charge is 0.454 e. The summed E-state index contributed by atoms with van der Waals surface area (Å²) in [5.74, 6) is -0.278. The maximum absolute atomic E-state index is 11.1. The number of rotatable bonds is 0. The van der Waals surface area contributed by atoms with E-state index in [0.717, 1.165) is 5.56 Å². The van der Waals surface area contributed by atoms with Crippen LogP contribution in [0.3, 0.4) is 0 Å². The highest BCUT2D eigenvalue weighted by atomic mass is 35.5. The molecular weight excluding hydrogens is 176 g/mol. The van der Waals surface area contributed by atoms with E-state index in [1.807, 2.05) is 13.0 Å². The third-order valence-corrected chi connectivity index (χ3v) is 2.19. The second-order valence-electron chi connectivity index (χ2n) is 2.78. The highest BCUT2D eigenvalue weighted by molar-refractivity contribution is 6.31. The van der Waals surface area contributed by atoms with Crippen molar-refractivity contribution >= 4 is 17.6 Å². The first-order chi connectivity index (χ1) is 5.68. The fraction of sp³-hybridized carbons (Fsp3) is 0.222. The van der Waals surface area contributed by atoms with Crippen LogP contribution in [0.2, 0.25) is 5.02 Å². The smallest absolute Gasteiger partial charge is 0.339 e. The summed E-state index contributed by atoms with van der Waals surface area (Å²) in [5.41, 5.74) is 1.51. The van der Waals surface area contributed by atoms with Crippen LogP contribution in [0.25, 0.3) is 0 Å². The molecule has 0 unspecified atom stereocenters. The van der Waals surface area contributed by atoms with Crippen molar-refractivity contribution in [2.75, 3.05) is 0 Å². The number of halogens is 1. The Hall–Kier alpha value is -1.02. The zero-order valence-electron chi connectivity index (χ0n) is 6.50. The zero-order chi connectivity index (χ0) is 8.72. The lowest BCUT2D eigenvalue weighted by Gasteiger charge is -2.00. The molecule has 0 aromatic heterocycles. The van der Waals surface area contributed by atoms with E-state index in [9.17, 15) is 4.79 Å². The Balaban J connectivity index is 2.60. The molecule has 1 atom stereocenters. The highest BCUT2D eigenvalue weighted by Gasteiger charge is 2.27. The van der Waals surface area contributed by atoms with Crippen LogP contribution in [0.15, 0.2) is 18.2 Å². The van der Waals surface area contributed by atoms with Crippen molar-refractivity contribution in [1.29, 1.82) is 0 Å². The van der Waals surface area contributed by atoms with E-state index in [2.05, 4.69) is 0 Å². The fourth-order valence-electron chi connectivity index (χ4n) is 1.35. The number of esters is 1. The average Bonchev–Trinajstić information content (AvgIpc) is 2.28. The quantitative estimate of drug-likeness (QED) is 0.577. The molecule has 0 saturated carbocycles. The SMILES string of the molecule is C[C@H]1OC(=O)c2cc(Cl)ccc21. The Morgan fingerprint density at radius 3 is 3.00 bits per heavy atom. The third kappa shape index (κ3) is 0.994. The minimum Gasteiger partial charge on any atom is -0.454 e. The number of fused-ring (bicyclic) bond motifs is 1. The van der Waals surface area contributed by atoms with Crippen molar-refractivity contribution in [2.45, 2.75) is 13.0 Å². The van der Waals surface area contributed by atoms with Crippen LogP contribution in [0.5, 0.6) is 0 Å². The lowest BCUT2D eigenvalue weighted by atomic mass is 10.1. The summed E-state index contributed by atoms with van der Waals surface area (Å²) in [4.78, 5) is 11.1. The number of carbonyl (C=O) groups excluding carboxylic acids is 1. The molecule has 0 N–H and O–H groups in total. The molecule has 0 saturated heterocycles. The monoisotopic (exact) mass is 182 g/mol. The first kappa shape index (κ1) is 7.62. The van der Waals surface area contributed by atoms with Crippen molar-refractivity contribution < 1.29 is 9.53 Å². The van der Waals surface area contributed by atoms with E-state index in [4.69, 9.17) is 16.3 Å². The third-order valence-electron chi connectivity index (χ3n) is 1.96. The molecule has 1 aromatic rings. The molecule has 1 aromatic carbocycles. The average molecular weight is 183 g/mol. The molecule has 12 heavy (non-hydrogen) atoms. The lowest BCUT2D eigenvalue weighted by molar-refractivity contribution is 0.0422. The zero-order valence-corrected chi connectivity index (χ0v) is 7.26. The van der Waals surface area contributed by atoms with Crippen molar-refractivity contribution in [3.63, 3.8) is 0 Å².